The van der Waals surface area contributed by atoms with Gasteiger partial charge in [-0.2, -0.15) is 0 Å². The third-order valence-corrected chi connectivity index (χ3v) is 3.66. The van der Waals surface area contributed by atoms with E-state index in [0.717, 1.165) is 11.4 Å². The van der Waals surface area contributed by atoms with E-state index in [-0.39, 0.29) is 6.04 Å². The third kappa shape index (κ3) is 4.46. The molecule has 0 saturated heterocycles. The van der Waals surface area contributed by atoms with Gasteiger partial charge in [-0.3, -0.25) is 0 Å². The van der Waals surface area contributed by atoms with Crippen LogP contribution in [0.3, 0.4) is 0 Å². The lowest BCUT2D eigenvalue weighted by atomic mass is 9.96. The van der Waals surface area contributed by atoms with Crippen molar-refractivity contribution < 1.29 is 4.74 Å². The second-order valence-electron chi connectivity index (χ2n) is 5.46. The second-order valence-corrected chi connectivity index (χ2v) is 5.87. The van der Waals surface area contributed by atoms with Gasteiger partial charge in [0.1, 0.15) is 5.75 Å². The first kappa shape index (κ1) is 16.3. The van der Waals surface area contributed by atoms with Crippen molar-refractivity contribution in [3.8, 4) is 5.75 Å². The summed E-state index contributed by atoms with van der Waals surface area (Å²) in [6.45, 7) is 4.36. The Balaban J connectivity index is 2.05. The van der Waals surface area contributed by atoms with Gasteiger partial charge < -0.3 is 15.4 Å². The fourth-order valence-electron chi connectivity index (χ4n) is 2.30. The maximum atomic E-state index is 5.45. The summed E-state index contributed by atoms with van der Waals surface area (Å²) in [5, 5.41) is 7.22. The van der Waals surface area contributed by atoms with Gasteiger partial charge in [-0.1, -0.05) is 50.2 Å². The van der Waals surface area contributed by atoms with Crippen LogP contribution in [0.25, 0.3) is 0 Å². The Morgan fingerprint density at radius 2 is 1.77 bits per heavy atom. The molecule has 1 atom stereocenters. The van der Waals surface area contributed by atoms with E-state index >= 15 is 0 Å². The van der Waals surface area contributed by atoms with Crippen molar-refractivity contribution in [2.75, 3.05) is 12.4 Å². The van der Waals surface area contributed by atoms with Crippen LogP contribution in [0.5, 0.6) is 5.75 Å². The number of rotatable bonds is 5. The highest BCUT2D eigenvalue weighted by molar-refractivity contribution is 7.80. The number of methoxy groups -OCH3 is 1. The van der Waals surface area contributed by atoms with Crippen molar-refractivity contribution in [3.63, 3.8) is 0 Å². The van der Waals surface area contributed by atoms with Crippen LogP contribution in [-0.4, -0.2) is 12.2 Å². The summed E-state index contributed by atoms with van der Waals surface area (Å²) in [5.41, 5.74) is 2.14. The quantitative estimate of drug-likeness (QED) is 0.803. The van der Waals surface area contributed by atoms with Crippen molar-refractivity contribution in [2.24, 2.45) is 5.92 Å². The Labute approximate surface area is 137 Å². The lowest BCUT2D eigenvalue weighted by molar-refractivity contribution is 0.415. The number of thiocarbonyl (C=S) groups is 1. The van der Waals surface area contributed by atoms with Gasteiger partial charge in [-0.05, 0) is 35.8 Å². The van der Waals surface area contributed by atoms with E-state index in [4.69, 9.17) is 17.0 Å². The number of nitrogens with one attached hydrogen (secondary N) is 2. The van der Waals surface area contributed by atoms with Crippen molar-refractivity contribution in [2.45, 2.75) is 19.9 Å². The van der Waals surface area contributed by atoms with Crippen molar-refractivity contribution >= 4 is 23.0 Å². The van der Waals surface area contributed by atoms with E-state index < -0.39 is 0 Å². The van der Waals surface area contributed by atoms with Gasteiger partial charge in [-0.15, -0.1) is 0 Å². The Morgan fingerprint density at radius 3 is 2.41 bits per heavy atom. The zero-order chi connectivity index (χ0) is 15.9. The van der Waals surface area contributed by atoms with Gasteiger partial charge >= 0.3 is 0 Å². The molecule has 0 spiro atoms. The first-order valence-electron chi connectivity index (χ1n) is 7.36. The molecule has 3 nitrogen and oxygen atoms in total. The molecule has 2 aromatic carbocycles. The molecule has 0 aliphatic rings. The predicted molar refractivity (Wildman–Crippen MR) is 96.4 cm³/mol. The Morgan fingerprint density at radius 1 is 1.05 bits per heavy atom. The van der Waals surface area contributed by atoms with E-state index in [1.165, 1.54) is 5.56 Å². The van der Waals surface area contributed by atoms with Crippen LogP contribution in [0.15, 0.2) is 54.6 Å². The fraction of sp³-hybridized carbons (Fsp3) is 0.278. The Bertz CT molecular complexity index is 613. The molecule has 2 N–H and O–H groups in total. The molecule has 0 aliphatic carbocycles. The van der Waals surface area contributed by atoms with Crippen molar-refractivity contribution in [3.05, 3.63) is 60.2 Å². The number of benzene rings is 2. The van der Waals surface area contributed by atoms with Crippen LogP contribution in [0.2, 0.25) is 0 Å². The molecule has 4 heteroatoms. The number of anilines is 1. The molecule has 0 heterocycles. The summed E-state index contributed by atoms with van der Waals surface area (Å²) in [6.07, 6.45) is 0. The highest BCUT2D eigenvalue weighted by atomic mass is 32.1. The molecule has 0 saturated carbocycles. The van der Waals surface area contributed by atoms with Gasteiger partial charge in [0.2, 0.25) is 0 Å². The van der Waals surface area contributed by atoms with Crippen LogP contribution < -0.4 is 15.4 Å². The summed E-state index contributed by atoms with van der Waals surface area (Å²) >= 11 is 5.45. The van der Waals surface area contributed by atoms with Gasteiger partial charge in [0.05, 0.1) is 13.2 Å². The standard InChI is InChI=1S/C18H22N2OS/c1-13(2)17(14-8-5-4-6-9-14)20-18(22)19-15-10-7-11-16(12-15)21-3/h4-13,17H,1-3H3,(H2,19,20,22)/t17-/m1/s1. The molecule has 0 amide bonds. The largest absolute Gasteiger partial charge is 0.497 e. The zero-order valence-corrected chi connectivity index (χ0v) is 14.0. The number of hydrogen-bond donors (Lipinski definition) is 2. The minimum atomic E-state index is 0.173. The van der Waals surface area contributed by atoms with E-state index in [0.29, 0.717) is 11.0 Å². The molecule has 0 aliphatic heterocycles. The summed E-state index contributed by atoms with van der Waals surface area (Å²) in [6, 6.07) is 18.2. The fourth-order valence-corrected chi connectivity index (χ4v) is 2.55. The molecule has 2 aromatic rings. The molecule has 0 radical (unpaired) electrons. The smallest absolute Gasteiger partial charge is 0.171 e. The van der Waals surface area contributed by atoms with Gasteiger partial charge in [0, 0.05) is 11.8 Å². The SMILES string of the molecule is COc1cccc(NC(=S)N[C@@H](c2ccccc2)C(C)C)c1. The first-order valence-corrected chi connectivity index (χ1v) is 7.77. The average Bonchev–Trinajstić information content (AvgIpc) is 2.53. The highest BCUT2D eigenvalue weighted by Gasteiger charge is 2.16. The van der Waals surface area contributed by atoms with Crippen LogP contribution in [0, 0.1) is 5.92 Å². The molecular formula is C18H22N2OS. The molecule has 0 fully saturated rings. The molecule has 116 valence electrons. The minimum Gasteiger partial charge on any atom is -0.497 e. The van der Waals surface area contributed by atoms with Crippen LogP contribution in [-0.2, 0) is 0 Å². The summed E-state index contributed by atoms with van der Waals surface area (Å²) < 4.78 is 5.22. The van der Waals surface area contributed by atoms with Crippen molar-refractivity contribution in [1.29, 1.82) is 0 Å². The molecule has 0 bridgehead atoms. The molecule has 22 heavy (non-hydrogen) atoms. The van der Waals surface area contributed by atoms with Gasteiger partial charge in [0.15, 0.2) is 5.11 Å². The normalized spacial score (nSPS) is 11.8. The number of ether oxygens (including phenoxy) is 1. The topological polar surface area (TPSA) is 33.3 Å². The molecule has 0 aromatic heterocycles. The maximum absolute atomic E-state index is 5.45. The highest BCUT2D eigenvalue weighted by Crippen LogP contribution is 2.22. The van der Waals surface area contributed by atoms with Crippen LogP contribution in [0.1, 0.15) is 25.5 Å². The lowest BCUT2D eigenvalue weighted by Crippen LogP contribution is -2.34. The third-order valence-electron chi connectivity index (χ3n) is 3.44. The van der Waals surface area contributed by atoms with E-state index in [2.05, 4.69) is 36.6 Å². The van der Waals surface area contributed by atoms with Crippen LogP contribution in [0.4, 0.5) is 5.69 Å². The zero-order valence-electron chi connectivity index (χ0n) is 13.2. The number of hydrogen-bond acceptors (Lipinski definition) is 2. The van der Waals surface area contributed by atoms with E-state index in [1.54, 1.807) is 7.11 Å². The minimum absolute atomic E-state index is 0.173. The summed E-state index contributed by atoms with van der Waals surface area (Å²) in [7, 11) is 1.65. The second kappa shape index (κ2) is 7.80. The summed E-state index contributed by atoms with van der Waals surface area (Å²) in [5.74, 6) is 1.23. The molecule has 0 unspecified atom stereocenters. The molecular weight excluding hydrogens is 292 g/mol. The van der Waals surface area contributed by atoms with Gasteiger partial charge in [0.25, 0.3) is 0 Å². The van der Waals surface area contributed by atoms with Gasteiger partial charge in [-0.25, -0.2) is 0 Å². The summed E-state index contributed by atoms with van der Waals surface area (Å²) in [4.78, 5) is 0. The average molecular weight is 314 g/mol. The van der Waals surface area contributed by atoms with E-state index in [1.807, 2.05) is 42.5 Å². The van der Waals surface area contributed by atoms with Crippen LogP contribution >= 0.6 is 12.2 Å². The maximum Gasteiger partial charge on any atom is 0.171 e. The van der Waals surface area contributed by atoms with E-state index in [9.17, 15) is 0 Å². The Kier molecular flexibility index (Phi) is 5.78. The molecule has 2 rings (SSSR count). The monoisotopic (exact) mass is 314 g/mol. The van der Waals surface area contributed by atoms with Crippen molar-refractivity contribution in [1.82, 2.24) is 5.32 Å². The lowest BCUT2D eigenvalue weighted by Gasteiger charge is -2.24. The Hall–Kier alpha value is -2.07. The first-order chi connectivity index (χ1) is 10.6. The predicted octanol–water partition coefficient (Wildman–Crippen LogP) is 4.38.